The molecule has 1 aliphatic carbocycles. The molecule has 1 saturated carbocycles. The Morgan fingerprint density at radius 2 is 1.97 bits per heavy atom. The van der Waals surface area contributed by atoms with Gasteiger partial charge in [0.15, 0.2) is 0 Å². The van der Waals surface area contributed by atoms with Crippen LogP contribution in [0.15, 0.2) is 30.3 Å². The van der Waals surface area contributed by atoms with Crippen molar-refractivity contribution in [2.24, 2.45) is 5.41 Å². The molecule has 0 bridgehead atoms. The van der Waals surface area contributed by atoms with E-state index in [-0.39, 0.29) is 17.6 Å². The molecule has 2 N–H and O–H groups in total. The Labute approximate surface area is 174 Å². The van der Waals surface area contributed by atoms with Crippen molar-refractivity contribution in [3.63, 3.8) is 0 Å². The van der Waals surface area contributed by atoms with Crippen LogP contribution < -0.4 is 5.32 Å². The van der Waals surface area contributed by atoms with Crippen LogP contribution in [0.3, 0.4) is 0 Å². The standard InChI is InChI=1S/C23H35N3O3/c1-29-17-23(16-24-21-14-20(21)18-6-3-2-4-7-18)9-12-25(13-10-23)22(28)26-11-5-8-19(27)15-26/h2-4,6-7,19-21,24,27H,5,8-17H2,1H3/t19-,20+,21-/m1/s1. The second kappa shape index (κ2) is 9.02. The van der Waals surface area contributed by atoms with E-state index in [0.29, 0.717) is 18.5 Å². The first-order valence-electron chi connectivity index (χ1n) is 11.1. The summed E-state index contributed by atoms with van der Waals surface area (Å²) in [5.74, 6) is 0.628. The number of likely N-dealkylation sites (tertiary alicyclic amines) is 2. The second-order valence-corrected chi connectivity index (χ2v) is 9.18. The highest BCUT2D eigenvalue weighted by Crippen LogP contribution is 2.42. The molecule has 0 aromatic heterocycles. The largest absolute Gasteiger partial charge is 0.391 e. The van der Waals surface area contributed by atoms with Gasteiger partial charge in [0.1, 0.15) is 0 Å². The maximum Gasteiger partial charge on any atom is 0.320 e. The van der Waals surface area contributed by atoms with Gasteiger partial charge in [0.05, 0.1) is 12.7 Å². The lowest BCUT2D eigenvalue weighted by Crippen LogP contribution is -2.54. The Balaban J connectivity index is 1.28. The second-order valence-electron chi connectivity index (χ2n) is 9.18. The van der Waals surface area contributed by atoms with E-state index in [1.54, 1.807) is 7.11 Å². The van der Waals surface area contributed by atoms with E-state index in [1.165, 1.54) is 12.0 Å². The molecule has 0 spiro atoms. The van der Waals surface area contributed by atoms with E-state index in [1.807, 2.05) is 9.80 Å². The average Bonchev–Trinajstić information content (AvgIpc) is 3.53. The van der Waals surface area contributed by atoms with Crippen LogP contribution in [0.4, 0.5) is 4.79 Å². The Morgan fingerprint density at radius 1 is 1.21 bits per heavy atom. The summed E-state index contributed by atoms with van der Waals surface area (Å²) in [6.07, 6.45) is 4.44. The molecular formula is C23H35N3O3. The number of nitrogens with one attached hydrogen (secondary N) is 1. The first kappa shape index (κ1) is 20.6. The summed E-state index contributed by atoms with van der Waals surface area (Å²) in [6, 6.07) is 11.4. The molecule has 0 unspecified atom stereocenters. The summed E-state index contributed by atoms with van der Waals surface area (Å²) >= 11 is 0. The van der Waals surface area contributed by atoms with Gasteiger partial charge in [0.2, 0.25) is 0 Å². The van der Waals surface area contributed by atoms with Crippen LogP contribution in [0.25, 0.3) is 0 Å². The van der Waals surface area contributed by atoms with Crippen LogP contribution in [-0.4, -0.2) is 79.5 Å². The molecule has 0 radical (unpaired) electrons. The van der Waals surface area contributed by atoms with Crippen LogP contribution >= 0.6 is 0 Å². The predicted octanol–water partition coefficient (Wildman–Crippen LogP) is 2.44. The normalized spacial score (nSPS) is 29.0. The van der Waals surface area contributed by atoms with Gasteiger partial charge in [0, 0.05) is 57.2 Å². The van der Waals surface area contributed by atoms with Crippen molar-refractivity contribution >= 4 is 6.03 Å². The monoisotopic (exact) mass is 401 g/mol. The minimum Gasteiger partial charge on any atom is -0.391 e. The fraction of sp³-hybridized carbons (Fsp3) is 0.696. The van der Waals surface area contributed by atoms with E-state index in [4.69, 9.17) is 4.74 Å². The molecule has 160 valence electrons. The molecule has 2 aliphatic heterocycles. The van der Waals surface area contributed by atoms with Crippen molar-refractivity contribution in [1.29, 1.82) is 0 Å². The number of benzene rings is 1. The van der Waals surface area contributed by atoms with Crippen LogP contribution in [0.5, 0.6) is 0 Å². The number of rotatable bonds is 6. The number of urea groups is 1. The van der Waals surface area contributed by atoms with E-state index in [0.717, 1.165) is 58.5 Å². The third-order valence-corrected chi connectivity index (χ3v) is 6.97. The van der Waals surface area contributed by atoms with Crippen molar-refractivity contribution < 1.29 is 14.6 Å². The molecule has 6 heteroatoms. The SMILES string of the molecule is COCC1(CN[C@@H]2C[C@H]2c2ccccc2)CCN(C(=O)N2CCC[C@@H](O)C2)CC1. The van der Waals surface area contributed by atoms with E-state index < -0.39 is 0 Å². The van der Waals surface area contributed by atoms with Crippen LogP contribution in [0.2, 0.25) is 0 Å². The minimum atomic E-state index is -0.370. The molecule has 29 heavy (non-hydrogen) atoms. The zero-order chi connectivity index (χ0) is 20.3. The summed E-state index contributed by atoms with van der Waals surface area (Å²) in [6.45, 7) is 4.45. The molecular weight excluding hydrogens is 366 g/mol. The Hall–Kier alpha value is -1.63. The Bertz CT molecular complexity index is 675. The summed E-state index contributed by atoms with van der Waals surface area (Å²) in [5.41, 5.74) is 1.52. The van der Waals surface area contributed by atoms with Crippen molar-refractivity contribution in [1.82, 2.24) is 15.1 Å². The van der Waals surface area contributed by atoms with Crippen molar-refractivity contribution in [2.75, 3.05) is 46.4 Å². The summed E-state index contributed by atoms with van der Waals surface area (Å²) < 4.78 is 5.59. The topological polar surface area (TPSA) is 65.0 Å². The third kappa shape index (κ3) is 4.93. The molecule has 3 fully saturated rings. The first-order valence-corrected chi connectivity index (χ1v) is 11.1. The average molecular weight is 402 g/mol. The van der Waals surface area contributed by atoms with E-state index >= 15 is 0 Å². The number of carbonyl (C=O) groups excluding carboxylic acids is 1. The number of carbonyl (C=O) groups is 1. The summed E-state index contributed by atoms with van der Waals surface area (Å²) in [5, 5.41) is 13.7. The lowest BCUT2D eigenvalue weighted by molar-refractivity contribution is 0.0196. The van der Waals surface area contributed by atoms with Gasteiger partial charge in [0.25, 0.3) is 0 Å². The van der Waals surface area contributed by atoms with Crippen LogP contribution in [-0.2, 0) is 4.74 Å². The quantitative estimate of drug-likeness (QED) is 0.769. The van der Waals surface area contributed by atoms with Gasteiger partial charge in [-0.1, -0.05) is 30.3 Å². The highest BCUT2D eigenvalue weighted by Gasteiger charge is 2.42. The minimum absolute atomic E-state index is 0.0917. The fourth-order valence-electron chi connectivity index (χ4n) is 5.02. The van der Waals surface area contributed by atoms with Gasteiger partial charge in [-0.3, -0.25) is 0 Å². The summed E-state index contributed by atoms with van der Waals surface area (Å²) in [7, 11) is 1.78. The first-order chi connectivity index (χ1) is 14.1. The zero-order valence-corrected chi connectivity index (χ0v) is 17.6. The molecule has 2 saturated heterocycles. The molecule has 3 aliphatic rings. The maximum atomic E-state index is 12.8. The highest BCUT2D eigenvalue weighted by molar-refractivity contribution is 5.74. The van der Waals surface area contributed by atoms with Crippen molar-refractivity contribution in [3.05, 3.63) is 35.9 Å². The molecule has 1 aromatic rings. The fourth-order valence-corrected chi connectivity index (χ4v) is 5.02. The number of ether oxygens (including phenoxy) is 1. The molecule has 6 nitrogen and oxygen atoms in total. The molecule has 2 heterocycles. The Kier molecular flexibility index (Phi) is 6.42. The number of methoxy groups -OCH3 is 1. The zero-order valence-electron chi connectivity index (χ0n) is 17.6. The number of aliphatic hydroxyl groups is 1. The molecule has 4 rings (SSSR count). The summed E-state index contributed by atoms with van der Waals surface area (Å²) in [4.78, 5) is 16.6. The molecule has 1 aromatic carbocycles. The number of piperidine rings is 2. The van der Waals surface area contributed by atoms with Gasteiger partial charge in [-0.2, -0.15) is 0 Å². The van der Waals surface area contributed by atoms with E-state index in [9.17, 15) is 9.90 Å². The number of amides is 2. The van der Waals surface area contributed by atoms with Gasteiger partial charge in [-0.15, -0.1) is 0 Å². The smallest absolute Gasteiger partial charge is 0.320 e. The van der Waals surface area contributed by atoms with Crippen molar-refractivity contribution in [2.45, 2.75) is 50.2 Å². The van der Waals surface area contributed by atoms with Gasteiger partial charge in [-0.05, 0) is 37.7 Å². The third-order valence-electron chi connectivity index (χ3n) is 6.97. The predicted molar refractivity (Wildman–Crippen MR) is 113 cm³/mol. The lowest BCUT2D eigenvalue weighted by atomic mass is 9.79. The van der Waals surface area contributed by atoms with Crippen LogP contribution in [0, 0.1) is 5.41 Å². The number of nitrogens with zero attached hydrogens (tertiary/aromatic N) is 2. The van der Waals surface area contributed by atoms with Crippen molar-refractivity contribution in [3.8, 4) is 0 Å². The number of aliphatic hydroxyl groups excluding tert-OH is 1. The highest BCUT2D eigenvalue weighted by atomic mass is 16.5. The number of hydrogen-bond acceptors (Lipinski definition) is 4. The Morgan fingerprint density at radius 3 is 2.66 bits per heavy atom. The number of β-amino-alcohol motifs (C(OH)–C–C–N with tert-alkyl or cyclic N) is 1. The molecule has 2 amide bonds. The number of hydrogen-bond donors (Lipinski definition) is 2. The van der Waals surface area contributed by atoms with Crippen LogP contribution in [0.1, 0.15) is 43.6 Å². The van der Waals surface area contributed by atoms with Gasteiger partial charge >= 0.3 is 6.03 Å². The van der Waals surface area contributed by atoms with Gasteiger partial charge in [-0.25, -0.2) is 4.79 Å². The van der Waals surface area contributed by atoms with Gasteiger partial charge < -0.3 is 25.0 Å². The lowest BCUT2D eigenvalue weighted by Gasteiger charge is -2.43. The van der Waals surface area contributed by atoms with E-state index in [2.05, 4.69) is 35.6 Å². The maximum absolute atomic E-state index is 12.8. The molecule has 3 atom stereocenters.